The van der Waals surface area contributed by atoms with E-state index >= 15 is 0 Å². The molecule has 1 aliphatic rings. The van der Waals surface area contributed by atoms with Crippen LogP contribution in [0.25, 0.3) is 0 Å². The van der Waals surface area contributed by atoms with Gasteiger partial charge in [-0.2, -0.15) is 5.10 Å². The largest absolute Gasteiger partial charge is 0.490 e. The van der Waals surface area contributed by atoms with Crippen LogP contribution in [-0.2, 0) is 4.74 Å². The third kappa shape index (κ3) is 1.40. The van der Waals surface area contributed by atoms with Crippen molar-refractivity contribution >= 4 is 36.3 Å². The highest BCUT2D eigenvalue weighted by Gasteiger charge is 2.12. The summed E-state index contributed by atoms with van der Waals surface area (Å²) >= 11 is 0.866. The molecule has 0 aromatic rings. The maximum atomic E-state index is 5.27. The smallest absolute Gasteiger partial charge is 0.353 e. The standard InChI is InChI=1S/C2H2N2O.CH3.2Al.3H/c1-3-4-2-5-1;;;;;;/h1,3H;1H3;;;;;. The van der Waals surface area contributed by atoms with E-state index in [1.165, 1.54) is 0 Å². The molecule has 1 unspecified atom stereocenters. The Morgan fingerprint density at radius 2 is 2.75 bits per heavy atom. The van der Waals surface area contributed by atoms with Crippen molar-refractivity contribution in [2.75, 3.05) is 0 Å². The predicted octanol–water partition coefficient (Wildman–Crippen LogP) is -1.72. The molecular weight excluding hydrogens is 134 g/mol. The fourth-order valence-corrected chi connectivity index (χ4v) is 2.02. The number of ether oxygens (including phenoxy) is 1. The van der Waals surface area contributed by atoms with E-state index in [1.54, 1.807) is 0 Å². The fourth-order valence-electron chi connectivity index (χ4n) is 0.596. The highest BCUT2D eigenvalue weighted by molar-refractivity contribution is 6.57. The average Bonchev–Trinajstić information content (AvgIpc) is 2.14. The third-order valence-electron chi connectivity index (χ3n) is 1.05. The molecule has 0 saturated heterocycles. The Bertz CT molecular complexity index is 116. The van der Waals surface area contributed by atoms with Gasteiger partial charge in [0.25, 0.3) is 0 Å². The Labute approximate surface area is 62.6 Å². The second kappa shape index (κ2) is 2.76. The van der Waals surface area contributed by atoms with Crippen molar-refractivity contribution in [3.63, 3.8) is 0 Å². The van der Waals surface area contributed by atoms with Gasteiger partial charge in [0, 0.05) is 0 Å². The van der Waals surface area contributed by atoms with Gasteiger partial charge >= 0.3 is 31.5 Å². The summed E-state index contributed by atoms with van der Waals surface area (Å²) in [6.07, 6.45) is 0. The van der Waals surface area contributed by atoms with Gasteiger partial charge in [0.05, 0.1) is 0 Å². The summed E-state index contributed by atoms with van der Waals surface area (Å²) < 4.78 is 6.18. The van der Waals surface area contributed by atoms with Crippen LogP contribution >= 0.6 is 0 Å². The summed E-state index contributed by atoms with van der Waals surface area (Å²) in [7, 11) is 0. The quantitative estimate of drug-likeness (QED) is 0.442. The van der Waals surface area contributed by atoms with Crippen LogP contribution in [0.3, 0.4) is 0 Å². The van der Waals surface area contributed by atoms with Crippen LogP contribution in [0.15, 0.2) is 5.10 Å². The first-order valence-electron chi connectivity index (χ1n) is 2.79. The zero-order valence-electron chi connectivity index (χ0n) is 5.14. The number of nitrogens with one attached hydrogen (secondary N) is 1. The SMILES string of the molecule is [CH3][AlH][CH]1NN=[C]([AlH2])O1. The summed E-state index contributed by atoms with van der Waals surface area (Å²) in [6.45, 7) is 0. The third-order valence-corrected chi connectivity index (χ3v) is 2.60. The van der Waals surface area contributed by atoms with E-state index in [4.69, 9.17) is 4.74 Å². The first-order valence-corrected chi connectivity index (χ1v) is 6.02. The van der Waals surface area contributed by atoms with E-state index in [-0.39, 0.29) is 15.2 Å². The van der Waals surface area contributed by atoms with Crippen molar-refractivity contribution < 1.29 is 4.74 Å². The summed E-state index contributed by atoms with van der Waals surface area (Å²) in [5.74, 6) is 2.20. The number of hydrazone groups is 1. The van der Waals surface area contributed by atoms with Gasteiger partial charge in [0.15, 0.2) is 0 Å². The van der Waals surface area contributed by atoms with Crippen molar-refractivity contribution in [3.8, 4) is 0 Å². The molecule has 0 bridgehead atoms. The molecule has 0 fully saturated rings. The van der Waals surface area contributed by atoms with Gasteiger partial charge in [-0.1, -0.05) is 0 Å². The van der Waals surface area contributed by atoms with Crippen LogP contribution in [-0.4, -0.2) is 41.4 Å². The monoisotopic (exact) mass is 142 g/mol. The van der Waals surface area contributed by atoms with E-state index in [0.29, 0.717) is 5.09 Å². The molecular formula is C3H8Al2N2O. The molecule has 1 N–H and O–H groups in total. The minimum absolute atomic E-state index is 0.0671. The van der Waals surface area contributed by atoms with Crippen molar-refractivity contribution in [1.82, 2.24) is 5.43 Å². The molecule has 1 atom stereocenters. The zero-order chi connectivity index (χ0) is 5.98. The van der Waals surface area contributed by atoms with Gasteiger partial charge in [0.2, 0.25) is 0 Å². The molecule has 0 aliphatic carbocycles. The lowest BCUT2D eigenvalue weighted by Crippen LogP contribution is -2.26. The van der Waals surface area contributed by atoms with Crippen LogP contribution in [0.2, 0.25) is 5.79 Å². The molecule has 0 saturated carbocycles. The number of nitrogens with zero attached hydrogens (tertiary/aromatic N) is 1. The van der Waals surface area contributed by atoms with Crippen molar-refractivity contribution in [1.29, 1.82) is 0 Å². The van der Waals surface area contributed by atoms with Gasteiger partial charge in [0.1, 0.15) is 9.85 Å². The van der Waals surface area contributed by atoms with Crippen molar-refractivity contribution in [3.05, 3.63) is 0 Å². The second-order valence-electron chi connectivity index (χ2n) is 1.77. The summed E-state index contributed by atoms with van der Waals surface area (Å²) in [5.41, 5.74) is 2.92. The van der Waals surface area contributed by atoms with Crippen LogP contribution < -0.4 is 5.43 Å². The minimum Gasteiger partial charge on any atom is -0.490 e. The van der Waals surface area contributed by atoms with Crippen LogP contribution in [0.4, 0.5) is 0 Å². The fraction of sp³-hybridized carbons (Fsp3) is 0.667. The molecule has 0 aromatic carbocycles. The lowest BCUT2D eigenvalue weighted by molar-refractivity contribution is 0.273. The van der Waals surface area contributed by atoms with Crippen LogP contribution in [0.1, 0.15) is 0 Å². The first-order chi connectivity index (χ1) is 3.83. The molecule has 42 valence electrons. The summed E-state index contributed by atoms with van der Waals surface area (Å²) in [4.78, 5) is 0. The van der Waals surface area contributed by atoms with Gasteiger partial charge in [-0.25, -0.2) is 0 Å². The molecule has 0 amide bonds. The van der Waals surface area contributed by atoms with E-state index in [2.05, 4.69) is 16.3 Å². The predicted molar refractivity (Wildman–Crippen MR) is 37.0 cm³/mol. The van der Waals surface area contributed by atoms with E-state index in [9.17, 15) is 0 Å². The van der Waals surface area contributed by atoms with Crippen LogP contribution in [0.5, 0.6) is 0 Å². The number of hydrogen-bond acceptors (Lipinski definition) is 3. The minimum atomic E-state index is -0.0671. The average molecular weight is 142 g/mol. The normalized spacial score (nSPS) is 25.6. The zero-order valence-corrected chi connectivity index (χ0v) is 8.55. The molecule has 5 heteroatoms. The van der Waals surface area contributed by atoms with Gasteiger partial charge in [-0.05, 0) is 0 Å². The molecule has 1 rings (SSSR count). The van der Waals surface area contributed by atoms with E-state index in [0.717, 1.165) is 21.0 Å². The summed E-state index contributed by atoms with van der Waals surface area (Å²) in [5, 5.41) is 4.22. The second-order valence-corrected chi connectivity index (χ2v) is 4.19. The maximum absolute atomic E-state index is 5.27. The molecule has 3 nitrogen and oxygen atoms in total. The maximum Gasteiger partial charge on any atom is 0.353 e. The topological polar surface area (TPSA) is 33.6 Å². The molecule has 1 heterocycles. The lowest BCUT2D eigenvalue weighted by atomic mass is 11.3. The lowest BCUT2D eigenvalue weighted by Gasteiger charge is -2.04. The highest BCUT2D eigenvalue weighted by Crippen LogP contribution is 1.92. The van der Waals surface area contributed by atoms with Crippen LogP contribution in [0, 0.1) is 0 Å². The Morgan fingerprint density at radius 3 is 3.00 bits per heavy atom. The van der Waals surface area contributed by atoms with Crippen molar-refractivity contribution in [2.45, 2.75) is 10.9 Å². The number of hydrogen-bond donors (Lipinski definition) is 1. The Hall–Kier alpha value is 0.335. The molecule has 1 aliphatic heterocycles. The summed E-state index contributed by atoms with van der Waals surface area (Å²) in [6, 6.07) is 0. The molecule has 8 heavy (non-hydrogen) atoms. The highest BCUT2D eigenvalue weighted by atomic mass is 27.1. The Morgan fingerprint density at radius 1 is 2.00 bits per heavy atom. The Kier molecular flexibility index (Phi) is 2.22. The van der Waals surface area contributed by atoms with Gasteiger partial charge in [-0.3, -0.25) is 5.43 Å². The molecule has 0 spiro atoms. The first kappa shape index (κ1) is 6.45. The van der Waals surface area contributed by atoms with E-state index in [1.807, 2.05) is 0 Å². The van der Waals surface area contributed by atoms with Gasteiger partial charge in [-0.15, -0.1) is 5.79 Å². The molecule has 0 aromatic heterocycles. The van der Waals surface area contributed by atoms with Gasteiger partial charge < -0.3 is 4.74 Å². The number of rotatable bonds is 1. The van der Waals surface area contributed by atoms with E-state index < -0.39 is 0 Å². The van der Waals surface area contributed by atoms with Crippen molar-refractivity contribution in [2.24, 2.45) is 5.10 Å². The Balaban J connectivity index is 2.32. The molecule has 0 radical (unpaired) electrons.